The van der Waals surface area contributed by atoms with E-state index >= 15 is 0 Å². The highest BCUT2D eigenvalue weighted by Crippen LogP contribution is 2.37. The first-order chi connectivity index (χ1) is 10.9. The maximum absolute atomic E-state index is 12.7. The summed E-state index contributed by atoms with van der Waals surface area (Å²) in [5, 5.41) is 0. The predicted octanol–water partition coefficient (Wildman–Crippen LogP) is 1.15. The van der Waals surface area contributed by atoms with Gasteiger partial charge in [-0.05, 0) is 25.0 Å². The van der Waals surface area contributed by atoms with E-state index in [9.17, 15) is 22.8 Å². The van der Waals surface area contributed by atoms with Crippen molar-refractivity contribution >= 4 is 27.2 Å². The van der Waals surface area contributed by atoms with E-state index in [0.29, 0.717) is 12.0 Å². The number of hydrogen-bond acceptors (Lipinski definition) is 6. The van der Waals surface area contributed by atoms with Gasteiger partial charge < -0.3 is 4.74 Å². The van der Waals surface area contributed by atoms with Gasteiger partial charge in [-0.15, -0.1) is 0 Å². The van der Waals surface area contributed by atoms with E-state index in [1.807, 2.05) is 0 Å². The second-order valence-electron chi connectivity index (χ2n) is 5.78. The van der Waals surface area contributed by atoms with Crippen molar-refractivity contribution in [1.29, 1.82) is 0 Å². The highest BCUT2D eigenvalue weighted by Gasteiger charge is 2.39. The Morgan fingerprint density at radius 2 is 1.78 bits per heavy atom. The molecular formula is C16H16O6S. The van der Waals surface area contributed by atoms with Gasteiger partial charge in [0.15, 0.2) is 27.2 Å². The second kappa shape index (κ2) is 5.56. The van der Waals surface area contributed by atoms with Gasteiger partial charge in [0.2, 0.25) is 0 Å². The SMILES string of the molecule is COc1c(C(=O)C2C(=O)CCCC2=O)ccc2c1CCS2(=O)=O. The molecule has 2 aliphatic rings. The van der Waals surface area contributed by atoms with E-state index in [4.69, 9.17) is 4.74 Å². The number of ketones is 3. The summed E-state index contributed by atoms with van der Waals surface area (Å²) in [5.74, 6) is -2.49. The van der Waals surface area contributed by atoms with Crippen molar-refractivity contribution in [3.05, 3.63) is 23.3 Å². The Morgan fingerprint density at radius 3 is 2.39 bits per heavy atom. The van der Waals surface area contributed by atoms with Crippen LogP contribution in [-0.4, -0.2) is 38.6 Å². The molecule has 0 atom stereocenters. The van der Waals surface area contributed by atoms with Crippen LogP contribution in [0.1, 0.15) is 35.2 Å². The average Bonchev–Trinajstić information content (AvgIpc) is 2.81. The minimum Gasteiger partial charge on any atom is -0.496 e. The molecule has 1 aromatic rings. The Kier molecular flexibility index (Phi) is 3.83. The standard InChI is InChI=1S/C16H16O6S/c1-22-16-9-7-8-23(20,21)13(9)6-5-10(16)15(19)14-11(17)3-2-4-12(14)18/h5-6,14H,2-4,7-8H2,1H3. The van der Waals surface area contributed by atoms with Crippen LogP contribution in [0.4, 0.5) is 0 Å². The zero-order valence-electron chi connectivity index (χ0n) is 12.6. The number of fused-ring (bicyclic) bond motifs is 1. The predicted molar refractivity (Wildman–Crippen MR) is 80.4 cm³/mol. The third-order valence-corrected chi connectivity index (χ3v) is 6.19. The number of sulfone groups is 1. The summed E-state index contributed by atoms with van der Waals surface area (Å²) in [5.41, 5.74) is 0.561. The fourth-order valence-corrected chi connectivity index (χ4v) is 4.80. The van der Waals surface area contributed by atoms with E-state index in [-0.39, 0.29) is 52.8 Å². The average molecular weight is 336 g/mol. The van der Waals surface area contributed by atoms with E-state index < -0.39 is 21.5 Å². The Labute approximate surface area is 133 Å². The van der Waals surface area contributed by atoms with Crippen LogP contribution in [0.15, 0.2) is 17.0 Å². The molecule has 1 aliphatic heterocycles. The fraction of sp³-hybridized carbons (Fsp3) is 0.438. The number of benzene rings is 1. The Balaban J connectivity index is 2.09. The van der Waals surface area contributed by atoms with Crippen molar-refractivity contribution in [2.24, 2.45) is 5.92 Å². The Morgan fingerprint density at radius 1 is 1.13 bits per heavy atom. The lowest BCUT2D eigenvalue weighted by Gasteiger charge is -2.20. The number of carbonyl (C=O) groups is 3. The smallest absolute Gasteiger partial charge is 0.184 e. The van der Waals surface area contributed by atoms with E-state index in [1.165, 1.54) is 19.2 Å². The van der Waals surface area contributed by atoms with Crippen molar-refractivity contribution in [1.82, 2.24) is 0 Å². The summed E-state index contributed by atoms with van der Waals surface area (Å²) < 4.78 is 29.2. The number of methoxy groups -OCH3 is 1. The molecule has 7 heteroatoms. The lowest BCUT2D eigenvalue weighted by molar-refractivity contribution is -0.133. The summed E-state index contributed by atoms with van der Waals surface area (Å²) in [6.07, 6.45) is 1.16. The molecule has 0 saturated heterocycles. The van der Waals surface area contributed by atoms with Gasteiger partial charge in [-0.1, -0.05) is 0 Å². The molecular weight excluding hydrogens is 320 g/mol. The van der Waals surface area contributed by atoms with Crippen LogP contribution >= 0.6 is 0 Å². The zero-order chi connectivity index (χ0) is 16.8. The normalized spacial score (nSPS) is 20.4. The Bertz CT molecular complexity index is 805. The second-order valence-corrected chi connectivity index (χ2v) is 7.85. The molecule has 0 N–H and O–H groups in total. The van der Waals surface area contributed by atoms with E-state index in [2.05, 4.69) is 0 Å². The lowest BCUT2D eigenvalue weighted by atomic mass is 9.81. The molecule has 1 aromatic carbocycles. The van der Waals surface area contributed by atoms with Crippen LogP contribution in [0.3, 0.4) is 0 Å². The third-order valence-electron chi connectivity index (χ3n) is 4.40. The van der Waals surface area contributed by atoms with Gasteiger partial charge in [0.05, 0.1) is 23.3 Å². The van der Waals surface area contributed by atoms with Crippen molar-refractivity contribution in [3.8, 4) is 5.75 Å². The summed E-state index contributed by atoms with van der Waals surface area (Å²) in [7, 11) is -2.00. The van der Waals surface area contributed by atoms with E-state index in [0.717, 1.165) is 0 Å². The minimum absolute atomic E-state index is 0.0301. The van der Waals surface area contributed by atoms with Crippen LogP contribution in [0.5, 0.6) is 5.75 Å². The van der Waals surface area contributed by atoms with Crippen molar-refractivity contribution < 1.29 is 27.5 Å². The van der Waals surface area contributed by atoms with Gasteiger partial charge in [-0.25, -0.2) is 8.42 Å². The Hall–Kier alpha value is -2.02. The maximum atomic E-state index is 12.7. The summed E-state index contributed by atoms with van der Waals surface area (Å²) in [6.45, 7) is 0. The quantitative estimate of drug-likeness (QED) is 0.607. The highest BCUT2D eigenvalue weighted by atomic mass is 32.2. The first-order valence-electron chi connectivity index (χ1n) is 7.39. The molecule has 122 valence electrons. The molecule has 1 saturated carbocycles. The molecule has 0 radical (unpaired) electrons. The van der Waals surface area contributed by atoms with Crippen LogP contribution in [0.2, 0.25) is 0 Å². The van der Waals surface area contributed by atoms with E-state index in [1.54, 1.807) is 0 Å². The zero-order valence-corrected chi connectivity index (χ0v) is 13.4. The van der Waals surface area contributed by atoms with Gasteiger partial charge >= 0.3 is 0 Å². The highest BCUT2D eigenvalue weighted by molar-refractivity contribution is 7.91. The van der Waals surface area contributed by atoms with Crippen molar-refractivity contribution in [2.75, 3.05) is 12.9 Å². The molecule has 1 fully saturated rings. The summed E-state index contributed by atoms with van der Waals surface area (Å²) in [6, 6.07) is 2.71. The summed E-state index contributed by atoms with van der Waals surface area (Å²) >= 11 is 0. The summed E-state index contributed by atoms with van der Waals surface area (Å²) in [4.78, 5) is 36.8. The topological polar surface area (TPSA) is 94.6 Å². The number of hydrogen-bond donors (Lipinski definition) is 0. The number of rotatable bonds is 3. The van der Waals surface area contributed by atoms with Crippen LogP contribution < -0.4 is 4.74 Å². The van der Waals surface area contributed by atoms with Gasteiger partial charge in [0.25, 0.3) is 0 Å². The molecule has 3 rings (SSSR count). The van der Waals surface area contributed by atoms with Crippen LogP contribution in [0, 0.1) is 5.92 Å². The molecule has 23 heavy (non-hydrogen) atoms. The fourth-order valence-electron chi connectivity index (χ4n) is 3.26. The lowest BCUT2D eigenvalue weighted by Crippen LogP contribution is -2.35. The molecule has 0 aromatic heterocycles. The number of Topliss-reactive ketones (excluding diaryl/α,β-unsaturated/α-hetero) is 3. The maximum Gasteiger partial charge on any atom is 0.184 e. The molecule has 0 unspecified atom stereocenters. The van der Waals surface area contributed by atoms with Gasteiger partial charge in [0, 0.05) is 18.4 Å². The monoisotopic (exact) mass is 336 g/mol. The number of carbonyl (C=O) groups excluding carboxylic acids is 3. The van der Waals surface area contributed by atoms with Gasteiger partial charge in [-0.2, -0.15) is 0 Å². The van der Waals surface area contributed by atoms with Crippen molar-refractivity contribution in [2.45, 2.75) is 30.6 Å². The molecule has 1 heterocycles. The first-order valence-corrected chi connectivity index (χ1v) is 9.04. The molecule has 0 bridgehead atoms. The molecule has 0 spiro atoms. The van der Waals surface area contributed by atoms with Gasteiger partial charge in [0.1, 0.15) is 11.7 Å². The third kappa shape index (κ3) is 2.49. The number of ether oxygens (including phenoxy) is 1. The van der Waals surface area contributed by atoms with Crippen LogP contribution in [0.25, 0.3) is 0 Å². The molecule has 0 amide bonds. The first kappa shape index (κ1) is 15.9. The van der Waals surface area contributed by atoms with Gasteiger partial charge in [-0.3, -0.25) is 14.4 Å². The van der Waals surface area contributed by atoms with Crippen LogP contribution in [-0.2, 0) is 25.8 Å². The minimum atomic E-state index is -3.35. The van der Waals surface area contributed by atoms with Crippen molar-refractivity contribution in [3.63, 3.8) is 0 Å². The molecule has 6 nitrogen and oxygen atoms in total. The molecule has 1 aliphatic carbocycles. The largest absolute Gasteiger partial charge is 0.496 e.